The van der Waals surface area contributed by atoms with Crippen molar-refractivity contribution in [3.63, 3.8) is 0 Å². The van der Waals surface area contributed by atoms with E-state index in [4.69, 9.17) is 4.52 Å². The molecule has 0 N–H and O–H groups in total. The lowest BCUT2D eigenvalue weighted by Crippen LogP contribution is -2.31. The van der Waals surface area contributed by atoms with Gasteiger partial charge in [-0.1, -0.05) is 58.3 Å². The molecule has 2 aromatic carbocycles. The Kier molecular flexibility index (Phi) is 5.50. The molecule has 5 heteroatoms. The van der Waals surface area contributed by atoms with Gasteiger partial charge in [-0.3, -0.25) is 4.79 Å². The van der Waals surface area contributed by atoms with E-state index in [-0.39, 0.29) is 12.5 Å². The highest BCUT2D eigenvalue weighted by Crippen LogP contribution is 2.18. The first-order chi connectivity index (χ1) is 13.0. The van der Waals surface area contributed by atoms with Gasteiger partial charge in [-0.2, -0.15) is 4.98 Å². The first-order valence-corrected chi connectivity index (χ1v) is 8.84. The van der Waals surface area contributed by atoms with Crippen molar-refractivity contribution in [2.75, 3.05) is 6.54 Å². The summed E-state index contributed by atoms with van der Waals surface area (Å²) in [5.74, 6) is 0.823. The molecule has 0 aliphatic heterocycles. The average molecular weight is 361 g/mol. The highest BCUT2D eigenvalue weighted by atomic mass is 16.5. The second kappa shape index (κ2) is 7.99. The Morgan fingerprint density at radius 1 is 1.07 bits per heavy atom. The summed E-state index contributed by atoms with van der Waals surface area (Å²) in [6, 6.07) is 13.7. The van der Waals surface area contributed by atoms with Gasteiger partial charge in [0.05, 0.1) is 0 Å². The zero-order valence-corrected chi connectivity index (χ0v) is 15.9. The third kappa shape index (κ3) is 4.50. The van der Waals surface area contributed by atoms with E-state index in [2.05, 4.69) is 16.7 Å². The molecule has 1 heterocycles. The maximum atomic E-state index is 12.9. The van der Waals surface area contributed by atoms with Crippen molar-refractivity contribution < 1.29 is 9.32 Å². The number of aromatic nitrogens is 2. The second-order valence-electron chi connectivity index (χ2n) is 6.73. The molecule has 0 aliphatic carbocycles. The molecule has 1 amide bonds. The molecule has 0 unspecified atom stereocenters. The SMILES string of the molecule is C=CCN(Cc1nc(-c2ccc(C)cc2)no1)C(=O)c1cc(C)cc(C)c1. The molecule has 3 rings (SSSR count). The minimum atomic E-state index is -0.0863. The minimum absolute atomic E-state index is 0.0863. The molecular weight excluding hydrogens is 338 g/mol. The normalized spacial score (nSPS) is 10.6. The van der Waals surface area contributed by atoms with Crippen LogP contribution in [0.1, 0.15) is 32.9 Å². The topological polar surface area (TPSA) is 59.2 Å². The molecule has 138 valence electrons. The molecule has 5 nitrogen and oxygen atoms in total. The lowest BCUT2D eigenvalue weighted by Gasteiger charge is -2.19. The zero-order valence-electron chi connectivity index (χ0n) is 15.9. The Bertz CT molecular complexity index is 938. The predicted molar refractivity (Wildman–Crippen MR) is 105 cm³/mol. The summed E-state index contributed by atoms with van der Waals surface area (Å²) in [4.78, 5) is 19.0. The Labute approximate surface area is 159 Å². The highest BCUT2D eigenvalue weighted by molar-refractivity contribution is 5.94. The fourth-order valence-electron chi connectivity index (χ4n) is 2.96. The third-order valence-electron chi connectivity index (χ3n) is 4.21. The lowest BCUT2D eigenvalue weighted by atomic mass is 10.1. The van der Waals surface area contributed by atoms with E-state index in [1.54, 1.807) is 11.0 Å². The van der Waals surface area contributed by atoms with Crippen LogP contribution in [0.2, 0.25) is 0 Å². The van der Waals surface area contributed by atoms with Gasteiger partial charge in [0, 0.05) is 17.7 Å². The third-order valence-corrected chi connectivity index (χ3v) is 4.21. The number of hydrogen-bond donors (Lipinski definition) is 0. The summed E-state index contributed by atoms with van der Waals surface area (Å²) in [5.41, 5.74) is 4.80. The van der Waals surface area contributed by atoms with Crippen LogP contribution in [0.25, 0.3) is 11.4 Å². The summed E-state index contributed by atoms with van der Waals surface area (Å²) >= 11 is 0. The molecule has 27 heavy (non-hydrogen) atoms. The van der Waals surface area contributed by atoms with Crippen LogP contribution >= 0.6 is 0 Å². The number of carbonyl (C=O) groups excluding carboxylic acids is 1. The monoisotopic (exact) mass is 361 g/mol. The highest BCUT2D eigenvalue weighted by Gasteiger charge is 2.19. The number of rotatable bonds is 6. The van der Waals surface area contributed by atoms with Crippen molar-refractivity contribution in [2.45, 2.75) is 27.3 Å². The van der Waals surface area contributed by atoms with Crippen molar-refractivity contribution in [1.29, 1.82) is 0 Å². The maximum Gasteiger partial charge on any atom is 0.254 e. The number of hydrogen-bond acceptors (Lipinski definition) is 4. The number of amides is 1. The molecule has 0 bridgehead atoms. The maximum absolute atomic E-state index is 12.9. The van der Waals surface area contributed by atoms with Crippen LogP contribution in [0, 0.1) is 20.8 Å². The number of nitrogens with zero attached hydrogens (tertiary/aromatic N) is 3. The molecule has 0 spiro atoms. The van der Waals surface area contributed by atoms with E-state index < -0.39 is 0 Å². The van der Waals surface area contributed by atoms with Crippen molar-refractivity contribution in [3.05, 3.63) is 83.3 Å². The first-order valence-electron chi connectivity index (χ1n) is 8.84. The van der Waals surface area contributed by atoms with Crippen molar-refractivity contribution in [2.24, 2.45) is 0 Å². The molecule has 0 saturated heterocycles. The van der Waals surface area contributed by atoms with Crippen molar-refractivity contribution >= 4 is 5.91 Å². The van der Waals surface area contributed by atoms with Crippen molar-refractivity contribution in [3.8, 4) is 11.4 Å². The van der Waals surface area contributed by atoms with Crippen LogP contribution in [0.5, 0.6) is 0 Å². The van der Waals surface area contributed by atoms with Gasteiger partial charge in [-0.15, -0.1) is 6.58 Å². The fourth-order valence-corrected chi connectivity index (χ4v) is 2.96. The Balaban J connectivity index is 1.81. The molecule has 0 saturated carbocycles. The van der Waals surface area contributed by atoms with E-state index in [1.165, 1.54) is 5.56 Å². The summed E-state index contributed by atoms with van der Waals surface area (Å²) in [5, 5.41) is 4.04. The molecule has 0 radical (unpaired) electrons. The zero-order chi connectivity index (χ0) is 19.4. The average Bonchev–Trinajstić information content (AvgIpc) is 3.09. The minimum Gasteiger partial charge on any atom is -0.337 e. The largest absolute Gasteiger partial charge is 0.337 e. The van der Waals surface area contributed by atoms with Gasteiger partial charge >= 0.3 is 0 Å². The fraction of sp³-hybridized carbons (Fsp3) is 0.227. The molecule has 0 aliphatic rings. The predicted octanol–water partition coefficient (Wildman–Crippen LogP) is 4.49. The standard InChI is InChI=1S/C22H23N3O2/c1-5-10-25(22(26)19-12-16(3)11-17(4)13-19)14-20-23-21(24-27-20)18-8-6-15(2)7-9-18/h5-9,11-13H,1,10,14H2,2-4H3. The van der Waals surface area contributed by atoms with E-state index >= 15 is 0 Å². The van der Waals surface area contributed by atoms with Crippen molar-refractivity contribution in [1.82, 2.24) is 15.0 Å². The van der Waals surface area contributed by atoms with E-state index in [0.29, 0.717) is 23.8 Å². The van der Waals surface area contributed by atoms with Crippen LogP contribution in [-0.2, 0) is 6.54 Å². The number of benzene rings is 2. The second-order valence-corrected chi connectivity index (χ2v) is 6.73. The lowest BCUT2D eigenvalue weighted by molar-refractivity contribution is 0.0745. The smallest absolute Gasteiger partial charge is 0.254 e. The molecule has 0 atom stereocenters. The quantitative estimate of drug-likeness (QED) is 0.607. The van der Waals surface area contributed by atoms with E-state index in [1.807, 2.05) is 63.2 Å². The van der Waals surface area contributed by atoms with Crippen LogP contribution in [0.3, 0.4) is 0 Å². The molecular formula is C22H23N3O2. The summed E-state index contributed by atoms with van der Waals surface area (Å²) in [7, 11) is 0. The van der Waals surface area contributed by atoms with Crippen LogP contribution in [0.4, 0.5) is 0 Å². The Morgan fingerprint density at radius 2 is 1.74 bits per heavy atom. The van der Waals surface area contributed by atoms with Gasteiger partial charge in [0.15, 0.2) is 0 Å². The Morgan fingerprint density at radius 3 is 2.37 bits per heavy atom. The van der Waals surface area contributed by atoms with Crippen LogP contribution in [0.15, 0.2) is 59.6 Å². The van der Waals surface area contributed by atoms with E-state index in [0.717, 1.165) is 16.7 Å². The summed E-state index contributed by atoms with van der Waals surface area (Å²) < 4.78 is 5.37. The van der Waals surface area contributed by atoms with Gasteiger partial charge in [-0.25, -0.2) is 0 Å². The van der Waals surface area contributed by atoms with Gasteiger partial charge in [-0.05, 0) is 32.9 Å². The molecule has 1 aromatic heterocycles. The van der Waals surface area contributed by atoms with Gasteiger partial charge in [0.1, 0.15) is 6.54 Å². The number of aryl methyl sites for hydroxylation is 3. The summed E-state index contributed by atoms with van der Waals surface area (Å²) in [6.07, 6.45) is 1.69. The van der Waals surface area contributed by atoms with Crippen LogP contribution in [-0.4, -0.2) is 27.5 Å². The number of carbonyl (C=O) groups is 1. The molecule has 3 aromatic rings. The molecule has 0 fully saturated rings. The first kappa shape index (κ1) is 18.6. The van der Waals surface area contributed by atoms with Gasteiger partial charge in [0.25, 0.3) is 5.91 Å². The van der Waals surface area contributed by atoms with E-state index in [9.17, 15) is 4.79 Å². The van der Waals surface area contributed by atoms with Gasteiger partial charge in [0.2, 0.25) is 11.7 Å². The Hall–Kier alpha value is -3.21. The van der Waals surface area contributed by atoms with Gasteiger partial charge < -0.3 is 9.42 Å². The summed E-state index contributed by atoms with van der Waals surface area (Å²) in [6.45, 7) is 10.4. The van der Waals surface area contributed by atoms with Crippen LogP contribution < -0.4 is 0 Å².